The molecule has 0 radical (unpaired) electrons. The number of nitrogens with zero attached hydrogens (tertiary/aromatic N) is 9. The Morgan fingerprint density at radius 2 is 1.74 bits per heavy atom. The molecule has 5 aromatic heterocycles. The van der Waals surface area contributed by atoms with Gasteiger partial charge in [0.2, 0.25) is 17.7 Å². The van der Waals surface area contributed by atoms with E-state index in [1.165, 1.54) is 11.1 Å². The lowest BCUT2D eigenvalue weighted by Gasteiger charge is -2.10. The zero-order valence-electron chi connectivity index (χ0n) is 19.5. The monoisotopic (exact) mass is 464 g/mol. The Labute approximate surface area is 199 Å². The van der Waals surface area contributed by atoms with E-state index in [0.29, 0.717) is 40.6 Å². The van der Waals surface area contributed by atoms with Crippen molar-refractivity contribution in [2.24, 2.45) is 0 Å². The molecule has 172 valence electrons. The van der Waals surface area contributed by atoms with E-state index in [4.69, 9.17) is 4.42 Å². The minimum absolute atomic E-state index is 0.348. The van der Waals surface area contributed by atoms with Gasteiger partial charge in [0, 0.05) is 11.6 Å². The zero-order chi connectivity index (χ0) is 24.1. The first-order chi connectivity index (χ1) is 17.0. The normalized spacial score (nSPS) is 11.4. The standard InChI is InChI=1S/C24H20N10O/c1-12-10-16-14(3)26-23(28-18(16)11-13(12)2)30-22-25-8-7-17(27-22)20-15(4)34-24(32-31-20)29-21(33-34)19-6-5-9-35-19/h5-11H,1-4H3,(H,25,26,27,28,30). The summed E-state index contributed by atoms with van der Waals surface area (Å²) in [7, 11) is 0. The lowest BCUT2D eigenvalue weighted by molar-refractivity contribution is 0.577. The first kappa shape index (κ1) is 20.8. The number of nitrogens with one attached hydrogen (secondary N) is 1. The van der Waals surface area contributed by atoms with Crippen molar-refractivity contribution >= 4 is 28.6 Å². The average molecular weight is 464 g/mol. The third-order valence-electron chi connectivity index (χ3n) is 5.86. The largest absolute Gasteiger partial charge is 0.461 e. The summed E-state index contributed by atoms with van der Waals surface area (Å²) in [6.07, 6.45) is 3.22. The highest BCUT2D eigenvalue weighted by atomic mass is 16.3. The van der Waals surface area contributed by atoms with Crippen LogP contribution in [0.4, 0.5) is 11.9 Å². The van der Waals surface area contributed by atoms with Gasteiger partial charge < -0.3 is 4.42 Å². The van der Waals surface area contributed by atoms with E-state index in [0.717, 1.165) is 22.3 Å². The molecule has 35 heavy (non-hydrogen) atoms. The fraction of sp³-hybridized carbons (Fsp3) is 0.167. The van der Waals surface area contributed by atoms with E-state index in [1.54, 1.807) is 35.2 Å². The third kappa shape index (κ3) is 3.62. The van der Waals surface area contributed by atoms with Crippen molar-refractivity contribution in [3.8, 4) is 23.0 Å². The number of aromatic nitrogens is 9. The van der Waals surface area contributed by atoms with Crippen LogP contribution in [0.5, 0.6) is 0 Å². The molecule has 6 rings (SSSR count). The van der Waals surface area contributed by atoms with Crippen molar-refractivity contribution in [2.75, 3.05) is 5.32 Å². The molecule has 6 aromatic rings. The maximum Gasteiger partial charge on any atom is 0.272 e. The Morgan fingerprint density at radius 3 is 2.57 bits per heavy atom. The maximum atomic E-state index is 5.40. The van der Waals surface area contributed by atoms with Gasteiger partial charge >= 0.3 is 0 Å². The highest BCUT2D eigenvalue weighted by Gasteiger charge is 2.17. The molecule has 0 saturated carbocycles. The molecule has 5 heterocycles. The van der Waals surface area contributed by atoms with Gasteiger partial charge in [-0.05, 0) is 69.2 Å². The van der Waals surface area contributed by atoms with Crippen LogP contribution < -0.4 is 5.32 Å². The van der Waals surface area contributed by atoms with Crippen molar-refractivity contribution in [2.45, 2.75) is 27.7 Å². The summed E-state index contributed by atoms with van der Waals surface area (Å²) in [5.74, 6) is 2.13. The SMILES string of the molecule is Cc1cc2nc(Nc3nccc(-c4nnc5nc(-c6ccco6)nn5c4C)n3)nc(C)c2cc1C. The van der Waals surface area contributed by atoms with E-state index in [2.05, 4.69) is 71.5 Å². The molecule has 0 saturated heterocycles. The summed E-state index contributed by atoms with van der Waals surface area (Å²) >= 11 is 0. The van der Waals surface area contributed by atoms with Crippen LogP contribution in [-0.2, 0) is 0 Å². The topological polar surface area (TPSA) is 133 Å². The fourth-order valence-electron chi connectivity index (χ4n) is 3.86. The summed E-state index contributed by atoms with van der Waals surface area (Å²) in [4.78, 5) is 22.6. The van der Waals surface area contributed by atoms with Crippen LogP contribution in [0, 0.1) is 27.7 Å². The average Bonchev–Trinajstić information content (AvgIpc) is 3.51. The van der Waals surface area contributed by atoms with Gasteiger partial charge in [-0.1, -0.05) is 0 Å². The van der Waals surface area contributed by atoms with Gasteiger partial charge in [-0.3, -0.25) is 5.32 Å². The maximum absolute atomic E-state index is 5.40. The number of rotatable bonds is 4. The quantitative estimate of drug-likeness (QED) is 0.405. The minimum Gasteiger partial charge on any atom is -0.461 e. The number of aryl methyl sites for hydroxylation is 4. The molecular formula is C24H20N10O. The molecule has 0 aliphatic rings. The number of anilines is 2. The summed E-state index contributed by atoms with van der Waals surface area (Å²) in [6, 6.07) is 9.51. The van der Waals surface area contributed by atoms with Crippen molar-refractivity contribution in [1.29, 1.82) is 0 Å². The van der Waals surface area contributed by atoms with Crippen LogP contribution in [0.1, 0.15) is 22.5 Å². The molecular weight excluding hydrogens is 444 g/mol. The van der Waals surface area contributed by atoms with E-state index in [1.807, 2.05) is 13.8 Å². The molecule has 0 fully saturated rings. The van der Waals surface area contributed by atoms with Crippen molar-refractivity contribution < 1.29 is 4.42 Å². The number of fused-ring (bicyclic) bond motifs is 2. The molecule has 0 spiro atoms. The molecule has 1 N–H and O–H groups in total. The second-order valence-electron chi connectivity index (χ2n) is 8.24. The molecule has 11 nitrogen and oxygen atoms in total. The Balaban J connectivity index is 1.36. The molecule has 0 unspecified atom stereocenters. The second-order valence-corrected chi connectivity index (χ2v) is 8.24. The molecule has 0 atom stereocenters. The van der Waals surface area contributed by atoms with Gasteiger partial charge in [-0.25, -0.2) is 19.9 Å². The van der Waals surface area contributed by atoms with E-state index in [-0.39, 0.29) is 0 Å². The summed E-state index contributed by atoms with van der Waals surface area (Å²) in [5.41, 5.74) is 5.99. The van der Waals surface area contributed by atoms with Crippen LogP contribution in [0.2, 0.25) is 0 Å². The first-order valence-electron chi connectivity index (χ1n) is 11.0. The lowest BCUT2D eigenvalue weighted by atomic mass is 10.1. The first-order valence-corrected chi connectivity index (χ1v) is 11.0. The van der Waals surface area contributed by atoms with Crippen LogP contribution in [0.3, 0.4) is 0 Å². The number of furan rings is 1. The Kier molecular flexibility index (Phi) is 4.69. The Morgan fingerprint density at radius 1 is 0.886 bits per heavy atom. The fourth-order valence-corrected chi connectivity index (χ4v) is 3.86. The van der Waals surface area contributed by atoms with Gasteiger partial charge in [-0.15, -0.1) is 15.3 Å². The molecule has 0 bridgehead atoms. The van der Waals surface area contributed by atoms with Crippen LogP contribution in [0.15, 0.2) is 47.2 Å². The molecule has 0 aliphatic heterocycles. The summed E-state index contributed by atoms with van der Waals surface area (Å²) in [6.45, 7) is 8.00. The third-order valence-corrected chi connectivity index (χ3v) is 5.86. The second kappa shape index (κ2) is 7.90. The minimum atomic E-state index is 0.348. The van der Waals surface area contributed by atoms with E-state index >= 15 is 0 Å². The van der Waals surface area contributed by atoms with Crippen LogP contribution >= 0.6 is 0 Å². The van der Waals surface area contributed by atoms with Crippen LogP contribution in [0.25, 0.3) is 39.7 Å². The summed E-state index contributed by atoms with van der Waals surface area (Å²) < 4.78 is 7.02. The van der Waals surface area contributed by atoms with Gasteiger partial charge in [-0.2, -0.15) is 9.50 Å². The van der Waals surface area contributed by atoms with Gasteiger partial charge in [0.15, 0.2) is 5.76 Å². The van der Waals surface area contributed by atoms with Crippen molar-refractivity contribution in [1.82, 2.24) is 44.7 Å². The summed E-state index contributed by atoms with van der Waals surface area (Å²) in [5, 5.41) is 17.2. The molecule has 0 amide bonds. The van der Waals surface area contributed by atoms with Crippen LogP contribution in [-0.4, -0.2) is 44.7 Å². The zero-order valence-corrected chi connectivity index (χ0v) is 19.5. The van der Waals surface area contributed by atoms with Crippen molar-refractivity contribution in [3.63, 3.8) is 0 Å². The molecule has 1 aromatic carbocycles. The van der Waals surface area contributed by atoms with E-state index in [9.17, 15) is 0 Å². The number of hydrogen-bond acceptors (Lipinski definition) is 10. The van der Waals surface area contributed by atoms with Gasteiger partial charge in [0.25, 0.3) is 5.78 Å². The highest BCUT2D eigenvalue weighted by molar-refractivity contribution is 5.83. The van der Waals surface area contributed by atoms with Gasteiger partial charge in [0.1, 0.15) is 5.69 Å². The van der Waals surface area contributed by atoms with Crippen molar-refractivity contribution in [3.05, 3.63) is 65.3 Å². The Bertz CT molecular complexity index is 1720. The highest BCUT2D eigenvalue weighted by Crippen LogP contribution is 2.24. The smallest absolute Gasteiger partial charge is 0.272 e. The molecule has 0 aliphatic carbocycles. The predicted molar refractivity (Wildman–Crippen MR) is 129 cm³/mol. The predicted octanol–water partition coefficient (Wildman–Crippen LogP) is 4.16. The molecule has 11 heteroatoms. The lowest BCUT2D eigenvalue weighted by Crippen LogP contribution is -2.06. The number of benzene rings is 1. The van der Waals surface area contributed by atoms with Gasteiger partial charge in [0.05, 0.1) is 28.9 Å². The van der Waals surface area contributed by atoms with E-state index < -0.39 is 0 Å². The Hall–Kier alpha value is -4.80. The number of hydrogen-bond donors (Lipinski definition) is 1.